The Bertz CT molecular complexity index is 18.9. The van der Waals surface area contributed by atoms with Crippen molar-refractivity contribution in [2.45, 2.75) is 0 Å². The van der Waals surface area contributed by atoms with Crippen molar-refractivity contribution in [3.8, 4) is 0 Å². The lowest BCUT2D eigenvalue weighted by atomic mass is 11.1. The van der Waals surface area contributed by atoms with Gasteiger partial charge in [-0.25, -0.2) is 5.01 Å². The fraction of sp³-hybridized carbons (Fsp3) is 1.00. The molecule has 2 nitrogen and oxygen atoms in total. The maximum Gasteiger partial charge on any atom is 0.0192 e. The second-order valence-corrected chi connectivity index (χ2v) is 1.05. The molecule has 0 aromatic rings. The topological polar surface area (TPSA) is 17.3 Å². The molecule has 0 rings (SSSR count). The van der Waals surface area contributed by atoms with E-state index in [0.29, 0.717) is 0 Å². The molecule has 31 valence electrons. The van der Waals surface area contributed by atoms with Gasteiger partial charge in [-0.05, 0) is 0 Å². The molecule has 0 N–H and O–H groups in total. The van der Waals surface area contributed by atoms with Gasteiger partial charge in [0.1, 0.15) is 0 Å². The van der Waals surface area contributed by atoms with Crippen molar-refractivity contribution in [2.24, 2.45) is 0 Å². The van der Waals surface area contributed by atoms with E-state index < -0.39 is 0 Å². The van der Waals surface area contributed by atoms with Gasteiger partial charge in [-0.1, -0.05) is 0 Å². The summed E-state index contributed by atoms with van der Waals surface area (Å²) < 4.78 is 0. The SMILES string of the molecule is C[N]N(C)C. The highest BCUT2D eigenvalue weighted by atomic mass is 15.5. The van der Waals surface area contributed by atoms with Crippen molar-refractivity contribution in [1.29, 1.82) is 0 Å². The summed E-state index contributed by atoms with van der Waals surface area (Å²) in [6, 6.07) is 0. The zero-order valence-corrected chi connectivity index (χ0v) is 3.89. The van der Waals surface area contributed by atoms with Crippen LogP contribution in [0.1, 0.15) is 0 Å². The Balaban J connectivity index is 2.54. The number of rotatable bonds is 1. The van der Waals surface area contributed by atoms with Crippen molar-refractivity contribution in [3.63, 3.8) is 0 Å². The Morgan fingerprint density at radius 3 is 1.60 bits per heavy atom. The molecule has 5 heavy (non-hydrogen) atoms. The summed E-state index contributed by atoms with van der Waals surface area (Å²) in [4.78, 5) is 0. The van der Waals surface area contributed by atoms with Crippen LogP contribution in [-0.2, 0) is 0 Å². The van der Waals surface area contributed by atoms with Gasteiger partial charge in [0.2, 0.25) is 0 Å². The van der Waals surface area contributed by atoms with Gasteiger partial charge in [0, 0.05) is 21.1 Å². The Labute approximate surface area is 32.7 Å². The fourth-order valence-corrected chi connectivity index (χ4v) is 0. The minimum absolute atomic E-state index is 1.75. The second-order valence-electron chi connectivity index (χ2n) is 1.05. The highest BCUT2D eigenvalue weighted by molar-refractivity contribution is 4.12. The number of hydrogen-bond donors (Lipinski definition) is 0. The summed E-state index contributed by atoms with van der Waals surface area (Å²) in [6.07, 6.45) is 0. The molecule has 0 aliphatic carbocycles. The van der Waals surface area contributed by atoms with Crippen LogP contribution in [0.25, 0.3) is 0 Å². The van der Waals surface area contributed by atoms with E-state index in [9.17, 15) is 0 Å². The van der Waals surface area contributed by atoms with Gasteiger partial charge >= 0.3 is 0 Å². The number of hydrogen-bond acceptors (Lipinski definition) is 1. The lowest BCUT2D eigenvalue weighted by Gasteiger charge is -1.99. The third-order valence-electron chi connectivity index (χ3n) is 0.400. The van der Waals surface area contributed by atoms with Crippen LogP contribution in [0.4, 0.5) is 0 Å². The molecular weight excluding hydrogens is 64.0 g/mol. The van der Waals surface area contributed by atoms with Crippen molar-refractivity contribution in [2.75, 3.05) is 21.1 Å². The van der Waals surface area contributed by atoms with Gasteiger partial charge in [0.25, 0.3) is 0 Å². The van der Waals surface area contributed by atoms with E-state index in [1.807, 2.05) is 14.1 Å². The maximum atomic E-state index is 3.72. The first-order chi connectivity index (χ1) is 2.27. The molecule has 1 radical (unpaired) electrons. The fourth-order valence-electron chi connectivity index (χ4n) is 0. The molecule has 0 aromatic carbocycles. The summed E-state index contributed by atoms with van der Waals surface area (Å²) in [6.45, 7) is 0. The molecule has 0 saturated heterocycles. The van der Waals surface area contributed by atoms with Gasteiger partial charge in [0.05, 0.1) is 0 Å². The van der Waals surface area contributed by atoms with Gasteiger partial charge < -0.3 is 0 Å². The summed E-state index contributed by atoms with van der Waals surface area (Å²) in [5.74, 6) is 0. The average molecular weight is 73.1 g/mol. The van der Waals surface area contributed by atoms with E-state index in [1.54, 1.807) is 12.1 Å². The van der Waals surface area contributed by atoms with E-state index in [4.69, 9.17) is 0 Å². The Hall–Kier alpha value is -0.0800. The number of nitrogens with zero attached hydrogens (tertiary/aromatic N) is 2. The Kier molecular flexibility index (Phi) is 2.14. The molecule has 0 spiro atoms. The smallest absolute Gasteiger partial charge is 0.0192 e. The van der Waals surface area contributed by atoms with Gasteiger partial charge in [-0.3, -0.25) is 0 Å². The van der Waals surface area contributed by atoms with E-state index in [1.165, 1.54) is 0 Å². The molecule has 0 aliphatic heterocycles. The minimum atomic E-state index is 1.75. The lowest BCUT2D eigenvalue weighted by Crippen LogP contribution is -2.17. The minimum Gasteiger partial charge on any atom is -0.233 e. The molecule has 0 aliphatic rings. The molecule has 0 bridgehead atoms. The van der Waals surface area contributed by atoms with Crippen molar-refractivity contribution in [1.82, 2.24) is 10.4 Å². The molecule has 2 heteroatoms. The van der Waals surface area contributed by atoms with Crippen LogP contribution in [0.15, 0.2) is 0 Å². The van der Waals surface area contributed by atoms with Crippen LogP contribution in [0, 0.1) is 0 Å². The average Bonchev–Trinajstić information content (AvgIpc) is 1.38. The molecule has 0 saturated carbocycles. The van der Waals surface area contributed by atoms with Gasteiger partial charge in [-0.2, -0.15) is 5.43 Å². The standard InChI is InChI=1S/C3H9N2/c1-4-5(2)3/h1-3H3. The van der Waals surface area contributed by atoms with Gasteiger partial charge in [-0.15, -0.1) is 0 Å². The molecule has 0 fully saturated rings. The Morgan fingerprint density at radius 1 is 1.40 bits per heavy atom. The summed E-state index contributed by atoms with van der Waals surface area (Å²) in [5.41, 5.74) is 3.72. The summed E-state index contributed by atoms with van der Waals surface area (Å²) in [5, 5.41) is 1.75. The normalized spacial score (nSPS) is 9.60. The molecule has 0 amide bonds. The third-order valence-corrected chi connectivity index (χ3v) is 0.400. The van der Waals surface area contributed by atoms with E-state index in [-0.39, 0.29) is 0 Å². The highest BCUT2D eigenvalue weighted by Crippen LogP contribution is 1.53. The molecule has 0 heterocycles. The van der Waals surface area contributed by atoms with Crippen molar-refractivity contribution < 1.29 is 0 Å². The molecule has 0 atom stereocenters. The lowest BCUT2D eigenvalue weighted by molar-refractivity contribution is 0.313. The van der Waals surface area contributed by atoms with Crippen LogP contribution < -0.4 is 5.43 Å². The van der Waals surface area contributed by atoms with Crippen LogP contribution in [0.3, 0.4) is 0 Å². The van der Waals surface area contributed by atoms with E-state index in [0.717, 1.165) is 0 Å². The molecular formula is C3H9N2. The first kappa shape index (κ1) is 4.92. The quantitative estimate of drug-likeness (QED) is 0.389. The first-order valence-electron chi connectivity index (χ1n) is 1.54. The van der Waals surface area contributed by atoms with E-state index in [2.05, 4.69) is 5.43 Å². The highest BCUT2D eigenvalue weighted by Gasteiger charge is 1.71. The van der Waals surface area contributed by atoms with Crippen molar-refractivity contribution in [3.05, 3.63) is 0 Å². The van der Waals surface area contributed by atoms with Crippen molar-refractivity contribution >= 4 is 0 Å². The zero-order chi connectivity index (χ0) is 4.28. The van der Waals surface area contributed by atoms with Crippen LogP contribution >= 0.6 is 0 Å². The predicted octanol–water partition coefficient (Wildman–Crippen LogP) is -0.303. The monoisotopic (exact) mass is 73.1 g/mol. The predicted molar refractivity (Wildman–Crippen MR) is 21.7 cm³/mol. The van der Waals surface area contributed by atoms with E-state index >= 15 is 0 Å². The zero-order valence-electron chi connectivity index (χ0n) is 3.89. The van der Waals surface area contributed by atoms with Crippen LogP contribution in [-0.4, -0.2) is 26.2 Å². The summed E-state index contributed by atoms with van der Waals surface area (Å²) >= 11 is 0. The van der Waals surface area contributed by atoms with Gasteiger partial charge in [0.15, 0.2) is 0 Å². The maximum absolute atomic E-state index is 3.72. The second kappa shape index (κ2) is 2.18. The first-order valence-corrected chi connectivity index (χ1v) is 1.54. The molecule has 0 aromatic heterocycles. The van der Waals surface area contributed by atoms with Crippen LogP contribution in [0.2, 0.25) is 0 Å². The third kappa shape index (κ3) is 3.92. The Morgan fingerprint density at radius 2 is 1.60 bits per heavy atom. The summed E-state index contributed by atoms with van der Waals surface area (Å²) in [7, 11) is 5.53. The molecule has 0 unspecified atom stereocenters. The van der Waals surface area contributed by atoms with Crippen LogP contribution in [0.5, 0.6) is 0 Å². The largest absolute Gasteiger partial charge is 0.233 e.